The quantitative estimate of drug-likeness (QED) is 0.694. The number of aliphatic hydroxyl groups excluding tert-OH is 1. The van der Waals surface area contributed by atoms with Crippen LogP contribution in [0.1, 0.15) is 17.5 Å². The Kier molecular flexibility index (Phi) is 7.77. The van der Waals surface area contributed by atoms with E-state index < -0.39 is 0 Å². The molecule has 0 atom stereocenters. The van der Waals surface area contributed by atoms with Crippen molar-refractivity contribution in [3.05, 3.63) is 66.0 Å². The Balaban J connectivity index is 1.72. The molecule has 2 amide bonds. The van der Waals surface area contributed by atoms with Crippen LogP contribution in [0.5, 0.6) is 0 Å². The van der Waals surface area contributed by atoms with Crippen molar-refractivity contribution < 1.29 is 9.90 Å². The molecule has 2 rings (SSSR count). The van der Waals surface area contributed by atoms with Gasteiger partial charge in [0.2, 0.25) is 0 Å². The SMILES string of the molecule is O=C(NCCCc1cccnc1)N(CCO)CCc1ccccc1. The van der Waals surface area contributed by atoms with Gasteiger partial charge in [-0.1, -0.05) is 36.4 Å². The standard InChI is InChI=1S/C19H25N3O2/c23-15-14-22(13-10-17-6-2-1-3-7-17)19(24)21-12-5-9-18-8-4-11-20-16-18/h1-4,6-8,11,16,23H,5,9-10,12-15H2,(H,21,24). The van der Waals surface area contributed by atoms with E-state index >= 15 is 0 Å². The van der Waals surface area contributed by atoms with Crippen molar-refractivity contribution in [2.24, 2.45) is 0 Å². The van der Waals surface area contributed by atoms with Gasteiger partial charge >= 0.3 is 6.03 Å². The summed E-state index contributed by atoms with van der Waals surface area (Å²) in [6.45, 7) is 1.53. The molecule has 0 radical (unpaired) electrons. The lowest BCUT2D eigenvalue weighted by atomic mass is 10.1. The van der Waals surface area contributed by atoms with Crippen molar-refractivity contribution in [2.45, 2.75) is 19.3 Å². The van der Waals surface area contributed by atoms with Crippen LogP contribution in [-0.4, -0.2) is 47.3 Å². The molecule has 1 aromatic heterocycles. The number of aliphatic hydroxyl groups is 1. The van der Waals surface area contributed by atoms with Gasteiger partial charge < -0.3 is 15.3 Å². The number of urea groups is 1. The third-order valence-electron chi connectivity index (χ3n) is 3.81. The number of nitrogens with one attached hydrogen (secondary N) is 1. The average Bonchev–Trinajstić information content (AvgIpc) is 2.64. The zero-order valence-corrected chi connectivity index (χ0v) is 13.9. The summed E-state index contributed by atoms with van der Waals surface area (Å²) in [5.41, 5.74) is 2.35. The van der Waals surface area contributed by atoms with Crippen LogP contribution in [-0.2, 0) is 12.8 Å². The summed E-state index contributed by atoms with van der Waals surface area (Å²) < 4.78 is 0. The van der Waals surface area contributed by atoms with Crippen LogP contribution in [0, 0.1) is 0 Å². The fourth-order valence-electron chi connectivity index (χ4n) is 2.49. The maximum atomic E-state index is 12.3. The van der Waals surface area contributed by atoms with Gasteiger partial charge in [0.05, 0.1) is 6.61 Å². The zero-order chi connectivity index (χ0) is 17.0. The lowest BCUT2D eigenvalue weighted by Crippen LogP contribution is -2.43. The highest BCUT2D eigenvalue weighted by atomic mass is 16.3. The third kappa shape index (κ3) is 6.38. The maximum absolute atomic E-state index is 12.3. The van der Waals surface area contributed by atoms with E-state index in [1.165, 1.54) is 11.1 Å². The molecule has 24 heavy (non-hydrogen) atoms. The largest absolute Gasteiger partial charge is 0.395 e. The van der Waals surface area contributed by atoms with Gasteiger partial charge in [-0.3, -0.25) is 4.98 Å². The van der Waals surface area contributed by atoms with E-state index in [2.05, 4.69) is 10.3 Å². The molecule has 128 valence electrons. The molecule has 0 fully saturated rings. The number of benzene rings is 1. The van der Waals surface area contributed by atoms with Crippen molar-refractivity contribution in [1.82, 2.24) is 15.2 Å². The minimum absolute atomic E-state index is 0.0299. The number of aryl methyl sites for hydroxylation is 1. The van der Waals surface area contributed by atoms with E-state index in [0.29, 0.717) is 19.6 Å². The van der Waals surface area contributed by atoms with Crippen molar-refractivity contribution in [1.29, 1.82) is 0 Å². The first kappa shape index (κ1) is 17.9. The first-order valence-corrected chi connectivity index (χ1v) is 8.36. The number of hydrogen-bond donors (Lipinski definition) is 2. The van der Waals surface area contributed by atoms with Gasteiger partial charge in [-0.05, 0) is 36.5 Å². The lowest BCUT2D eigenvalue weighted by molar-refractivity contribution is 0.178. The number of nitrogens with zero attached hydrogens (tertiary/aromatic N) is 2. The Morgan fingerprint density at radius 1 is 1.04 bits per heavy atom. The highest BCUT2D eigenvalue weighted by molar-refractivity contribution is 5.74. The highest BCUT2D eigenvalue weighted by Gasteiger charge is 2.12. The summed E-state index contributed by atoms with van der Waals surface area (Å²) in [6.07, 6.45) is 6.13. The van der Waals surface area contributed by atoms with E-state index in [9.17, 15) is 9.90 Å². The van der Waals surface area contributed by atoms with Crippen LogP contribution in [0.15, 0.2) is 54.9 Å². The first-order valence-electron chi connectivity index (χ1n) is 8.36. The number of carbonyl (C=O) groups is 1. The third-order valence-corrected chi connectivity index (χ3v) is 3.81. The van der Waals surface area contributed by atoms with Crippen molar-refractivity contribution in [3.8, 4) is 0 Å². The van der Waals surface area contributed by atoms with Crippen LogP contribution >= 0.6 is 0 Å². The fraction of sp³-hybridized carbons (Fsp3) is 0.368. The summed E-state index contributed by atoms with van der Waals surface area (Å²) in [6, 6.07) is 13.9. The molecule has 0 bridgehead atoms. The predicted molar refractivity (Wildman–Crippen MR) is 94.8 cm³/mol. The second kappa shape index (κ2) is 10.4. The van der Waals surface area contributed by atoms with E-state index in [1.807, 2.05) is 48.7 Å². The monoisotopic (exact) mass is 327 g/mol. The number of pyridine rings is 1. The number of hydrogen-bond acceptors (Lipinski definition) is 3. The van der Waals surface area contributed by atoms with Crippen molar-refractivity contribution in [2.75, 3.05) is 26.2 Å². The molecule has 0 saturated heterocycles. The lowest BCUT2D eigenvalue weighted by Gasteiger charge is -2.22. The van der Waals surface area contributed by atoms with Gasteiger partial charge in [0.15, 0.2) is 0 Å². The Labute approximate surface area is 143 Å². The molecule has 0 spiro atoms. The second-order valence-corrected chi connectivity index (χ2v) is 5.64. The molecule has 1 aromatic carbocycles. The van der Waals surface area contributed by atoms with Crippen molar-refractivity contribution in [3.63, 3.8) is 0 Å². The van der Waals surface area contributed by atoms with Crippen LogP contribution in [0.3, 0.4) is 0 Å². The van der Waals surface area contributed by atoms with E-state index in [0.717, 1.165) is 19.3 Å². The van der Waals surface area contributed by atoms with Gasteiger partial charge in [0.1, 0.15) is 0 Å². The number of carbonyl (C=O) groups excluding carboxylic acids is 1. The number of amides is 2. The first-order chi connectivity index (χ1) is 11.8. The molecule has 2 aromatic rings. The number of aromatic nitrogens is 1. The Morgan fingerprint density at radius 2 is 1.83 bits per heavy atom. The summed E-state index contributed by atoms with van der Waals surface area (Å²) in [5.74, 6) is 0. The molecule has 0 unspecified atom stereocenters. The molecule has 1 heterocycles. The Hall–Kier alpha value is -2.40. The summed E-state index contributed by atoms with van der Waals surface area (Å²) >= 11 is 0. The zero-order valence-electron chi connectivity index (χ0n) is 13.9. The number of rotatable bonds is 9. The molecule has 0 aliphatic heterocycles. The topological polar surface area (TPSA) is 65.5 Å². The Bertz CT molecular complexity index is 590. The second-order valence-electron chi connectivity index (χ2n) is 5.64. The van der Waals surface area contributed by atoms with Crippen LogP contribution in [0.2, 0.25) is 0 Å². The van der Waals surface area contributed by atoms with E-state index in [1.54, 1.807) is 11.1 Å². The van der Waals surface area contributed by atoms with Gasteiger partial charge in [0, 0.05) is 32.0 Å². The van der Waals surface area contributed by atoms with Crippen LogP contribution in [0.4, 0.5) is 4.79 Å². The molecule has 5 nitrogen and oxygen atoms in total. The van der Waals surface area contributed by atoms with E-state index in [4.69, 9.17) is 0 Å². The predicted octanol–water partition coefficient (Wildman–Crippen LogP) is 2.26. The fourth-order valence-corrected chi connectivity index (χ4v) is 2.49. The smallest absolute Gasteiger partial charge is 0.317 e. The van der Waals surface area contributed by atoms with E-state index in [-0.39, 0.29) is 12.6 Å². The molecule has 0 aliphatic carbocycles. The molecular formula is C19H25N3O2. The van der Waals surface area contributed by atoms with Gasteiger partial charge in [0.25, 0.3) is 0 Å². The molecule has 0 aliphatic rings. The van der Waals surface area contributed by atoms with Crippen LogP contribution < -0.4 is 5.32 Å². The molecular weight excluding hydrogens is 302 g/mol. The summed E-state index contributed by atoms with van der Waals surface area (Å²) in [5, 5.41) is 12.1. The Morgan fingerprint density at radius 3 is 2.54 bits per heavy atom. The highest BCUT2D eigenvalue weighted by Crippen LogP contribution is 2.03. The van der Waals surface area contributed by atoms with Gasteiger partial charge in [-0.25, -0.2) is 4.79 Å². The molecule has 5 heteroatoms. The van der Waals surface area contributed by atoms with Gasteiger partial charge in [-0.15, -0.1) is 0 Å². The normalized spacial score (nSPS) is 10.4. The summed E-state index contributed by atoms with van der Waals surface area (Å²) in [4.78, 5) is 18.0. The van der Waals surface area contributed by atoms with Gasteiger partial charge in [-0.2, -0.15) is 0 Å². The molecule has 0 saturated carbocycles. The maximum Gasteiger partial charge on any atom is 0.317 e. The minimum Gasteiger partial charge on any atom is -0.395 e. The summed E-state index contributed by atoms with van der Waals surface area (Å²) in [7, 11) is 0. The molecule has 2 N–H and O–H groups in total. The minimum atomic E-state index is -0.119. The van der Waals surface area contributed by atoms with Crippen LogP contribution in [0.25, 0.3) is 0 Å². The van der Waals surface area contributed by atoms with Crippen molar-refractivity contribution >= 4 is 6.03 Å². The average molecular weight is 327 g/mol.